The van der Waals surface area contributed by atoms with E-state index in [0.29, 0.717) is 0 Å². The first-order chi connectivity index (χ1) is 19.2. The highest BCUT2D eigenvalue weighted by molar-refractivity contribution is 7.18. The molecule has 1 N–H and O–H groups in total. The monoisotopic (exact) mass is 518 g/mol. The van der Waals surface area contributed by atoms with E-state index in [4.69, 9.17) is 4.98 Å². The Bertz CT molecular complexity index is 1850. The Kier molecular flexibility index (Phi) is 6.87. The zero-order chi connectivity index (χ0) is 26.6. The molecule has 1 aromatic heterocycles. The maximum Gasteiger partial charge on any atom is 0.0788 e. The maximum atomic E-state index is 5.25. The molecule has 0 aliphatic heterocycles. The standard InChI is InChI=1S/C36H27N2P/c1-25(12-11-23-39)32-24-27(21-22-33(32)37-28-15-6-3-7-16-28)36-31-18-9-8-17-30(31)35-29(19-10-20-34(35)38-36)26-13-4-2-5-14-26/h2-24,37,39H,1H2/b12-11-. The summed E-state index contributed by atoms with van der Waals surface area (Å²) in [5.41, 5.74) is 9.30. The van der Waals surface area contributed by atoms with E-state index < -0.39 is 0 Å². The number of hydrogen-bond acceptors (Lipinski definition) is 2. The van der Waals surface area contributed by atoms with Gasteiger partial charge in [-0.3, -0.25) is 0 Å². The Balaban J connectivity index is 1.56. The van der Waals surface area contributed by atoms with Crippen molar-refractivity contribution < 1.29 is 0 Å². The molecular weight excluding hydrogens is 491 g/mol. The van der Waals surface area contributed by atoms with Crippen molar-refractivity contribution in [3.63, 3.8) is 0 Å². The minimum atomic E-state index is 0.904. The van der Waals surface area contributed by atoms with Gasteiger partial charge >= 0.3 is 0 Å². The summed E-state index contributed by atoms with van der Waals surface area (Å²) >= 11 is 0. The fourth-order valence-corrected chi connectivity index (χ4v) is 5.18. The highest BCUT2D eigenvalue weighted by Crippen LogP contribution is 2.39. The van der Waals surface area contributed by atoms with Crippen LogP contribution in [-0.2, 0) is 0 Å². The quantitative estimate of drug-likeness (QED) is 0.129. The van der Waals surface area contributed by atoms with Crippen LogP contribution in [0, 0.1) is 0 Å². The molecule has 2 nitrogen and oxygen atoms in total. The summed E-state index contributed by atoms with van der Waals surface area (Å²) in [4.78, 5) is 5.25. The molecular formula is C36H27N2P. The molecule has 0 saturated heterocycles. The molecule has 39 heavy (non-hydrogen) atoms. The summed E-state index contributed by atoms with van der Waals surface area (Å²) in [6, 6.07) is 42.1. The van der Waals surface area contributed by atoms with Crippen LogP contribution in [0.1, 0.15) is 5.56 Å². The van der Waals surface area contributed by atoms with Crippen LogP contribution in [0.25, 0.3) is 49.6 Å². The molecule has 0 radical (unpaired) electrons. The molecule has 0 aliphatic rings. The lowest BCUT2D eigenvalue weighted by molar-refractivity contribution is 1.42. The van der Waals surface area contributed by atoms with Gasteiger partial charge < -0.3 is 5.32 Å². The molecule has 186 valence electrons. The van der Waals surface area contributed by atoms with E-state index in [1.807, 2.05) is 36.1 Å². The summed E-state index contributed by atoms with van der Waals surface area (Å²) < 4.78 is 0. The van der Waals surface area contributed by atoms with Crippen molar-refractivity contribution in [3.05, 3.63) is 146 Å². The van der Waals surface area contributed by atoms with Crippen LogP contribution < -0.4 is 5.32 Å². The number of allylic oxidation sites excluding steroid dienone is 3. The number of pyridine rings is 1. The number of fused-ring (bicyclic) bond motifs is 3. The molecule has 0 amide bonds. The summed E-state index contributed by atoms with van der Waals surface area (Å²) in [6.45, 7) is 4.37. The molecule has 0 aliphatic carbocycles. The Hall–Kier alpha value is -4.78. The fourth-order valence-electron chi connectivity index (χ4n) is 5.08. The Morgan fingerprint density at radius 3 is 2.21 bits per heavy atom. The summed E-state index contributed by atoms with van der Waals surface area (Å²) in [6.07, 6.45) is 3.94. The molecule has 0 atom stereocenters. The topological polar surface area (TPSA) is 24.9 Å². The van der Waals surface area contributed by atoms with Gasteiger partial charge in [0.1, 0.15) is 0 Å². The summed E-state index contributed by atoms with van der Waals surface area (Å²) in [5, 5.41) is 7.05. The second-order valence-electron chi connectivity index (χ2n) is 9.37. The summed E-state index contributed by atoms with van der Waals surface area (Å²) in [7, 11) is 3.42. The highest BCUT2D eigenvalue weighted by atomic mass is 31.0. The molecule has 0 fully saturated rings. The molecule has 3 heteroatoms. The van der Waals surface area contributed by atoms with Gasteiger partial charge in [-0.1, -0.05) is 110 Å². The van der Waals surface area contributed by atoms with Crippen molar-refractivity contribution in [3.8, 4) is 22.4 Å². The van der Waals surface area contributed by atoms with Crippen molar-refractivity contribution in [2.45, 2.75) is 0 Å². The predicted molar refractivity (Wildman–Crippen MR) is 172 cm³/mol. The number of rotatable bonds is 7. The first kappa shape index (κ1) is 24.6. The van der Waals surface area contributed by atoms with Crippen molar-refractivity contribution in [1.82, 2.24) is 4.98 Å². The van der Waals surface area contributed by atoms with Gasteiger partial charge in [0.25, 0.3) is 0 Å². The maximum absolute atomic E-state index is 5.25. The van der Waals surface area contributed by atoms with Crippen molar-refractivity contribution in [2.24, 2.45) is 0 Å². The average Bonchev–Trinajstić information content (AvgIpc) is 3.00. The van der Waals surface area contributed by atoms with Gasteiger partial charge in [0, 0.05) is 33.3 Å². The number of anilines is 2. The second kappa shape index (κ2) is 10.9. The van der Waals surface area contributed by atoms with Crippen LogP contribution in [0.15, 0.2) is 140 Å². The van der Waals surface area contributed by atoms with Gasteiger partial charge in [0.05, 0.1) is 11.2 Å². The molecule has 6 aromatic rings. The lowest BCUT2D eigenvalue weighted by atomic mass is 9.93. The number of aromatic nitrogens is 1. The number of nitrogens with zero attached hydrogens (tertiary/aromatic N) is 1. The van der Waals surface area contributed by atoms with Crippen LogP contribution in [-0.4, -0.2) is 10.8 Å². The Morgan fingerprint density at radius 2 is 1.44 bits per heavy atom. The van der Waals surface area contributed by atoms with E-state index in [1.165, 1.54) is 21.9 Å². The van der Waals surface area contributed by atoms with E-state index in [1.54, 1.807) is 0 Å². The largest absolute Gasteiger partial charge is 0.355 e. The van der Waals surface area contributed by atoms with Gasteiger partial charge in [0.15, 0.2) is 0 Å². The molecule has 5 aromatic carbocycles. The van der Waals surface area contributed by atoms with Crippen LogP contribution >= 0.6 is 8.86 Å². The van der Waals surface area contributed by atoms with Crippen molar-refractivity contribution >= 4 is 53.3 Å². The zero-order valence-corrected chi connectivity index (χ0v) is 22.4. The second-order valence-corrected chi connectivity index (χ2v) is 9.71. The van der Waals surface area contributed by atoms with Gasteiger partial charge in [-0.05, 0) is 58.2 Å². The number of nitrogens with one attached hydrogen (secondary N) is 1. The minimum absolute atomic E-state index is 0.904. The lowest BCUT2D eigenvalue weighted by Gasteiger charge is -2.17. The van der Waals surface area contributed by atoms with Crippen molar-refractivity contribution in [1.29, 1.82) is 0 Å². The Morgan fingerprint density at radius 1 is 0.718 bits per heavy atom. The zero-order valence-electron chi connectivity index (χ0n) is 21.4. The van der Waals surface area contributed by atoms with Crippen LogP contribution in [0.5, 0.6) is 0 Å². The van der Waals surface area contributed by atoms with E-state index >= 15 is 0 Å². The predicted octanol–water partition coefficient (Wildman–Crippen LogP) is 9.98. The van der Waals surface area contributed by atoms with E-state index in [-0.39, 0.29) is 0 Å². The van der Waals surface area contributed by atoms with Crippen molar-refractivity contribution in [2.75, 3.05) is 5.32 Å². The average molecular weight is 519 g/mol. The first-order valence-corrected chi connectivity index (χ1v) is 13.5. The number of para-hydroxylation sites is 1. The third-order valence-electron chi connectivity index (χ3n) is 6.90. The van der Waals surface area contributed by atoms with Gasteiger partial charge in [-0.15, -0.1) is 8.86 Å². The molecule has 0 unspecified atom stereocenters. The lowest BCUT2D eigenvalue weighted by Crippen LogP contribution is -1.97. The molecule has 6 rings (SSSR count). The first-order valence-electron chi connectivity index (χ1n) is 12.9. The van der Waals surface area contributed by atoms with Crippen LogP contribution in [0.3, 0.4) is 0 Å². The number of benzene rings is 5. The Labute approximate surface area is 231 Å². The normalized spacial score (nSPS) is 11.2. The highest BCUT2D eigenvalue weighted by Gasteiger charge is 2.15. The molecule has 0 spiro atoms. The van der Waals surface area contributed by atoms with E-state index in [2.05, 4.69) is 124 Å². The smallest absolute Gasteiger partial charge is 0.0788 e. The molecule has 0 saturated carbocycles. The third kappa shape index (κ3) is 4.91. The third-order valence-corrected chi connectivity index (χ3v) is 7.09. The fraction of sp³-hybridized carbons (Fsp3) is 0. The van der Waals surface area contributed by atoms with Gasteiger partial charge in [-0.25, -0.2) is 4.98 Å². The van der Waals surface area contributed by atoms with Crippen LogP contribution in [0.4, 0.5) is 11.4 Å². The SMILES string of the molecule is C=C(/C=C\C=P)c1cc(-c2nc3cccc(-c4ccccc4)c3c3ccccc23)ccc1Nc1ccccc1. The van der Waals surface area contributed by atoms with Gasteiger partial charge in [0.2, 0.25) is 0 Å². The van der Waals surface area contributed by atoms with Gasteiger partial charge in [-0.2, -0.15) is 0 Å². The van der Waals surface area contributed by atoms with E-state index in [0.717, 1.165) is 44.7 Å². The molecule has 1 heterocycles. The van der Waals surface area contributed by atoms with Crippen LogP contribution in [0.2, 0.25) is 0 Å². The summed E-state index contributed by atoms with van der Waals surface area (Å²) in [5.74, 6) is 1.82. The number of hydrogen-bond donors (Lipinski definition) is 1. The van der Waals surface area contributed by atoms with E-state index in [9.17, 15) is 0 Å². The minimum Gasteiger partial charge on any atom is -0.355 e. The molecule has 0 bridgehead atoms.